The number of benzene rings is 1. The maximum absolute atomic E-state index is 13.4. The smallest absolute Gasteiger partial charge is 0.227 e. The van der Waals surface area contributed by atoms with Crippen LogP contribution in [0.15, 0.2) is 18.2 Å². The highest BCUT2D eigenvalue weighted by atomic mass is 32.1. The molecule has 1 unspecified atom stereocenters. The second kappa shape index (κ2) is 5.86. The zero-order chi connectivity index (χ0) is 13.9. The van der Waals surface area contributed by atoms with Crippen LogP contribution in [-0.2, 0) is 11.2 Å². The third kappa shape index (κ3) is 3.22. The molecule has 0 bridgehead atoms. The summed E-state index contributed by atoms with van der Waals surface area (Å²) in [7, 11) is 1.49. The van der Waals surface area contributed by atoms with Gasteiger partial charge in [-0.1, -0.05) is 18.3 Å². The molecule has 6 heteroatoms. The van der Waals surface area contributed by atoms with E-state index >= 15 is 0 Å². The van der Waals surface area contributed by atoms with Crippen LogP contribution in [0, 0.1) is 11.6 Å². The van der Waals surface area contributed by atoms with E-state index in [1.54, 1.807) is 6.92 Å². The van der Waals surface area contributed by atoms with Crippen LogP contribution in [0.2, 0.25) is 0 Å². The number of nitrogens with zero attached hydrogens (tertiary/aromatic N) is 1. The zero-order valence-electron chi connectivity index (χ0n) is 10.1. The molecule has 0 aliphatic heterocycles. The Labute approximate surface area is 110 Å². The first-order valence-corrected chi connectivity index (χ1v) is 5.73. The van der Waals surface area contributed by atoms with Gasteiger partial charge in [0, 0.05) is 12.6 Å². The van der Waals surface area contributed by atoms with Crippen LogP contribution < -0.4 is 5.73 Å². The van der Waals surface area contributed by atoms with Crippen LogP contribution in [0.1, 0.15) is 12.5 Å². The van der Waals surface area contributed by atoms with Crippen LogP contribution in [0.3, 0.4) is 0 Å². The van der Waals surface area contributed by atoms with Crippen LogP contribution in [0.5, 0.6) is 0 Å². The summed E-state index contributed by atoms with van der Waals surface area (Å²) in [5, 5.41) is 0. The van der Waals surface area contributed by atoms with E-state index in [0.717, 1.165) is 12.1 Å². The molecule has 2 N–H and O–H groups in total. The van der Waals surface area contributed by atoms with Crippen molar-refractivity contribution in [2.45, 2.75) is 19.4 Å². The topological polar surface area (TPSA) is 46.3 Å². The van der Waals surface area contributed by atoms with Crippen LogP contribution in [-0.4, -0.2) is 28.9 Å². The average molecular weight is 272 g/mol. The van der Waals surface area contributed by atoms with Crippen LogP contribution >= 0.6 is 12.2 Å². The minimum atomic E-state index is -0.736. The van der Waals surface area contributed by atoms with Gasteiger partial charge in [0.05, 0.1) is 17.5 Å². The quantitative estimate of drug-likeness (QED) is 0.848. The fourth-order valence-corrected chi connectivity index (χ4v) is 1.54. The molecule has 1 aromatic rings. The highest BCUT2D eigenvalue weighted by Gasteiger charge is 2.20. The van der Waals surface area contributed by atoms with Gasteiger partial charge >= 0.3 is 0 Å². The maximum Gasteiger partial charge on any atom is 0.227 e. The fraction of sp³-hybridized carbons (Fsp3) is 0.333. The number of nitrogens with two attached hydrogens (primary N) is 1. The van der Waals surface area contributed by atoms with Gasteiger partial charge in [-0.25, -0.2) is 8.78 Å². The van der Waals surface area contributed by atoms with E-state index in [0.29, 0.717) is 0 Å². The summed E-state index contributed by atoms with van der Waals surface area (Å²) >= 11 is 4.77. The van der Waals surface area contributed by atoms with Crippen molar-refractivity contribution < 1.29 is 13.6 Å². The van der Waals surface area contributed by atoms with E-state index < -0.39 is 23.6 Å². The molecule has 3 nitrogen and oxygen atoms in total. The van der Waals surface area contributed by atoms with E-state index in [9.17, 15) is 13.6 Å². The van der Waals surface area contributed by atoms with E-state index in [1.807, 2.05) is 0 Å². The van der Waals surface area contributed by atoms with Gasteiger partial charge in [0.2, 0.25) is 5.91 Å². The predicted octanol–water partition coefficient (Wildman–Crippen LogP) is 1.64. The van der Waals surface area contributed by atoms with E-state index in [1.165, 1.54) is 18.0 Å². The van der Waals surface area contributed by atoms with Gasteiger partial charge in [0.1, 0.15) is 11.6 Å². The normalized spacial score (nSPS) is 12.0. The van der Waals surface area contributed by atoms with Crippen molar-refractivity contribution in [2.24, 2.45) is 5.73 Å². The van der Waals surface area contributed by atoms with Gasteiger partial charge in [-0.2, -0.15) is 0 Å². The average Bonchev–Trinajstić information content (AvgIpc) is 2.31. The standard InChI is InChI=1S/C12H14F2N2OS/c1-7(12(15)18)16(2)11(17)6-8-9(13)4-3-5-10(8)14/h3-5,7H,6H2,1-2H3,(H2,15,18). The largest absolute Gasteiger partial charge is 0.392 e. The molecule has 0 radical (unpaired) electrons. The molecule has 0 saturated heterocycles. The minimum Gasteiger partial charge on any atom is -0.392 e. The molecule has 0 aliphatic carbocycles. The first kappa shape index (κ1) is 14.5. The molecule has 98 valence electrons. The lowest BCUT2D eigenvalue weighted by Gasteiger charge is -2.24. The first-order chi connectivity index (χ1) is 8.34. The van der Waals surface area contributed by atoms with Crippen molar-refractivity contribution in [3.05, 3.63) is 35.4 Å². The Bertz CT molecular complexity index is 459. The summed E-state index contributed by atoms with van der Waals surface area (Å²) in [6.45, 7) is 1.65. The molecular weight excluding hydrogens is 258 g/mol. The molecule has 0 saturated carbocycles. The van der Waals surface area contributed by atoms with E-state index in [4.69, 9.17) is 18.0 Å². The number of amides is 1. The summed E-state index contributed by atoms with van der Waals surface area (Å²) in [5.41, 5.74) is 5.17. The Kier molecular flexibility index (Phi) is 4.72. The second-order valence-corrected chi connectivity index (χ2v) is 4.43. The molecule has 0 fully saturated rings. The lowest BCUT2D eigenvalue weighted by atomic mass is 10.1. The number of likely N-dealkylation sites (N-methyl/N-ethyl adjacent to an activating group) is 1. The molecule has 1 atom stereocenters. The van der Waals surface area contributed by atoms with Crippen molar-refractivity contribution >= 4 is 23.1 Å². The molecule has 0 aliphatic rings. The second-order valence-electron chi connectivity index (χ2n) is 3.96. The van der Waals surface area contributed by atoms with Crippen molar-refractivity contribution in [3.63, 3.8) is 0 Å². The highest BCUT2D eigenvalue weighted by Crippen LogP contribution is 2.14. The summed E-state index contributed by atoms with van der Waals surface area (Å²) in [6.07, 6.45) is -0.359. The summed E-state index contributed by atoms with van der Waals surface area (Å²) < 4.78 is 26.7. The van der Waals surface area contributed by atoms with Gasteiger partial charge in [-0.15, -0.1) is 0 Å². The number of halogens is 2. The molecule has 0 spiro atoms. The van der Waals surface area contributed by atoms with Crippen molar-refractivity contribution in [3.8, 4) is 0 Å². The van der Waals surface area contributed by atoms with Crippen LogP contribution in [0.4, 0.5) is 8.78 Å². The SMILES string of the molecule is CC(C(N)=S)N(C)C(=O)Cc1c(F)cccc1F. The predicted molar refractivity (Wildman–Crippen MR) is 69.1 cm³/mol. The third-order valence-corrected chi connectivity index (χ3v) is 3.12. The highest BCUT2D eigenvalue weighted by molar-refractivity contribution is 7.80. The Balaban J connectivity index is 2.85. The van der Waals surface area contributed by atoms with Crippen molar-refractivity contribution in [1.29, 1.82) is 0 Å². The molecule has 1 amide bonds. The number of hydrogen-bond donors (Lipinski definition) is 1. The summed E-state index contributed by atoms with van der Waals surface area (Å²) in [5.74, 6) is -1.92. The molecule has 0 aromatic heterocycles. The number of hydrogen-bond acceptors (Lipinski definition) is 2. The Morgan fingerprint density at radius 3 is 2.39 bits per heavy atom. The summed E-state index contributed by atoms with van der Waals surface area (Å²) in [4.78, 5) is 13.3. The number of rotatable bonds is 4. The van der Waals surface area contributed by atoms with Gasteiger partial charge < -0.3 is 10.6 Å². The van der Waals surface area contributed by atoms with E-state index in [-0.39, 0.29) is 17.0 Å². The zero-order valence-corrected chi connectivity index (χ0v) is 10.9. The summed E-state index contributed by atoms with van der Waals surface area (Å²) in [6, 6.07) is 3.02. The lowest BCUT2D eigenvalue weighted by Crippen LogP contribution is -2.43. The Morgan fingerprint density at radius 1 is 1.44 bits per heavy atom. The van der Waals surface area contributed by atoms with Crippen molar-refractivity contribution in [1.82, 2.24) is 4.90 Å². The molecule has 18 heavy (non-hydrogen) atoms. The number of carbonyl (C=O) groups is 1. The molecule has 1 rings (SSSR count). The first-order valence-electron chi connectivity index (χ1n) is 5.32. The van der Waals surface area contributed by atoms with E-state index in [2.05, 4.69) is 0 Å². The van der Waals surface area contributed by atoms with Gasteiger partial charge in [-0.05, 0) is 19.1 Å². The Hall–Kier alpha value is -1.56. The molecule has 1 aromatic carbocycles. The minimum absolute atomic E-state index is 0.153. The maximum atomic E-state index is 13.4. The third-order valence-electron chi connectivity index (χ3n) is 2.78. The number of thiocarbonyl (C=S) groups is 1. The monoisotopic (exact) mass is 272 g/mol. The van der Waals surface area contributed by atoms with Gasteiger partial charge in [0.15, 0.2) is 0 Å². The fourth-order valence-electron chi connectivity index (χ4n) is 1.38. The Morgan fingerprint density at radius 2 is 1.94 bits per heavy atom. The van der Waals surface area contributed by atoms with Crippen molar-refractivity contribution in [2.75, 3.05) is 7.05 Å². The van der Waals surface area contributed by atoms with Crippen LogP contribution in [0.25, 0.3) is 0 Å². The van der Waals surface area contributed by atoms with Gasteiger partial charge in [-0.3, -0.25) is 4.79 Å². The van der Waals surface area contributed by atoms with Gasteiger partial charge in [0.25, 0.3) is 0 Å². The molecular formula is C12H14F2N2OS. The molecule has 0 heterocycles. The number of carbonyl (C=O) groups excluding carboxylic acids is 1. The lowest BCUT2D eigenvalue weighted by molar-refractivity contribution is -0.129.